The molecule has 44 heavy (non-hydrogen) atoms. The molecule has 0 unspecified atom stereocenters. The Hall–Kier alpha value is -5.31. The van der Waals surface area contributed by atoms with Crippen LogP contribution in [-0.4, -0.2) is 40.1 Å². The van der Waals surface area contributed by atoms with Crippen LogP contribution in [-0.2, 0) is 16.2 Å². The normalized spacial score (nSPS) is 11.8. The molecular weight excluding hydrogens is 599 g/mol. The quantitative estimate of drug-likeness (QED) is 0.225. The summed E-state index contributed by atoms with van der Waals surface area (Å²) < 4.78 is 66.1. The van der Waals surface area contributed by atoms with Crippen molar-refractivity contribution in [3.8, 4) is 5.69 Å². The van der Waals surface area contributed by atoms with Crippen LogP contribution in [0.3, 0.4) is 0 Å². The molecule has 0 atom stereocenters. The first kappa shape index (κ1) is 30.2. The summed E-state index contributed by atoms with van der Waals surface area (Å²) in [5.41, 5.74) is 0.901. The summed E-state index contributed by atoms with van der Waals surface area (Å²) in [5, 5.41) is 6.00. The minimum atomic E-state index is -4.60. The maximum Gasteiger partial charge on any atom is 0.416 e. The van der Waals surface area contributed by atoms with Crippen molar-refractivity contribution in [2.24, 2.45) is 0 Å². The summed E-state index contributed by atoms with van der Waals surface area (Å²) in [4.78, 5) is 38.8. The number of aromatic nitrogens is 4. The lowest BCUT2D eigenvalue weighted by Gasteiger charge is -2.16. The highest BCUT2D eigenvalue weighted by Crippen LogP contribution is 2.30. The highest BCUT2D eigenvalue weighted by Gasteiger charge is 2.31. The number of nitrogens with one attached hydrogen (secondary N) is 3. The second kappa shape index (κ2) is 11.4. The van der Waals surface area contributed by atoms with Crippen LogP contribution in [0, 0.1) is 13.8 Å². The van der Waals surface area contributed by atoms with Gasteiger partial charge in [0, 0.05) is 28.8 Å². The van der Waals surface area contributed by atoms with Crippen LogP contribution in [0.25, 0.3) is 16.7 Å². The topological polar surface area (TPSA) is 148 Å². The summed E-state index contributed by atoms with van der Waals surface area (Å²) in [6.45, 7) is 3.43. The van der Waals surface area contributed by atoms with Crippen molar-refractivity contribution in [3.05, 3.63) is 106 Å². The van der Waals surface area contributed by atoms with Crippen LogP contribution in [0.1, 0.15) is 27.2 Å². The molecule has 0 aliphatic carbocycles. The van der Waals surface area contributed by atoms with Crippen molar-refractivity contribution < 1.29 is 26.4 Å². The van der Waals surface area contributed by atoms with Crippen molar-refractivity contribution in [3.63, 3.8) is 0 Å². The lowest BCUT2D eigenvalue weighted by atomic mass is 10.1. The molecule has 15 heteroatoms. The largest absolute Gasteiger partial charge is 0.416 e. The number of rotatable bonds is 7. The van der Waals surface area contributed by atoms with Gasteiger partial charge in [-0.2, -0.15) is 23.1 Å². The number of fused-ring (bicyclic) bond motifs is 1. The van der Waals surface area contributed by atoms with Gasteiger partial charge in [-0.3, -0.25) is 14.1 Å². The number of carbonyl (C=O) groups excluding carboxylic acids is 1. The summed E-state index contributed by atoms with van der Waals surface area (Å²) in [7, 11) is -3.48. The molecule has 0 saturated carbocycles. The van der Waals surface area contributed by atoms with E-state index in [0.29, 0.717) is 33.7 Å². The van der Waals surface area contributed by atoms with E-state index in [1.54, 1.807) is 50.2 Å². The molecule has 0 saturated heterocycles. The van der Waals surface area contributed by atoms with Crippen LogP contribution >= 0.6 is 0 Å². The summed E-state index contributed by atoms with van der Waals surface area (Å²) >= 11 is 0. The van der Waals surface area contributed by atoms with Gasteiger partial charge in [0.25, 0.3) is 5.91 Å². The van der Waals surface area contributed by atoms with Crippen molar-refractivity contribution in [1.82, 2.24) is 19.5 Å². The molecule has 0 aliphatic heterocycles. The number of sulfonamides is 1. The fraction of sp³-hybridized carbons (Fsp3) is 0.138. The van der Waals surface area contributed by atoms with Gasteiger partial charge in [-0.15, -0.1) is 0 Å². The Kier molecular flexibility index (Phi) is 7.82. The molecule has 0 spiro atoms. The number of amides is 1. The van der Waals surface area contributed by atoms with Crippen LogP contribution < -0.4 is 21.0 Å². The van der Waals surface area contributed by atoms with Crippen molar-refractivity contribution in [1.29, 1.82) is 0 Å². The average molecular weight is 624 g/mol. The SMILES string of the molecule is Cc1ccc(NC(=O)c2cccc(C(F)(F)F)c2)cc1-n1c(C)c2cnc(Nc3cccc(NS(C)(=O)=O)c3)nc2nc1=O. The molecule has 3 aromatic carbocycles. The van der Waals surface area contributed by atoms with Crippen molar-refractivity contribution in [2.45, 2.75) is 20.0 Å². The lowest BCUT2D eigenvalue weighted by Crippen LogP contribution is -2.25. The van der Waals surface area contributed by atoms with E-state index in [1.165, 1.54) is 22.9 Å². The summed E-state index contributed by atoms with van der Waals surface area (Å²) in [5.74, 6) is -0.633. The van der Waals surface area contributed by atoms with Crippen LogP contribution in [0.5, 0.6) is 0 Å². The maximum absolute atomic E-state index is 13.3. The van der Waals surface area contributed by atoms with E-state index >= 15 is 0 Å². The molecule has 226 valence electrons. The highest BCUT2D eigenvalue weighted by atomic mass is 32.2. The van der Waals surface area contributed by atoms with Gasteiger partial charge >= 0.3 is 11.9 Å². The predicted octanol–water partition coefficient (Wildman–Crippen LogP) is 5.18. The van der Waals surface area contributed by atoms with Gasteiger partial charge < -0.3 is 10.6 Å². The van der Waals surface area contributed by atoms with Crippen molar-refractivity contribution in [2.75, 3.05) is 21.6 Å². The minimum Gasteiger partial charge on any atom is -0.324 e. The van der Waals surface area contributed by atoms with Gasteiger partial charge in [0.1, 0.15) is 0 Å². The van der Waals surface area contributed by atoms with E-state index < -0.39 is 33.4 Å². The summed E-state index contributed by atoms with van der Waals surface area (Å²) in [6.07, 6.45) is -2.08. The lowest BCUT2D eigenvalue weighted by molar-refractivity contribution is -0.137. The standard InChI is InChI=1S/C29H24F3N7O4S/c1-16-10-11-21(34-26(40)18-6-4-7-19(12-18)29(30,31)32)14-24(16)39-17(2)23-15-33-27(36-25(23)37-28(39)41)35-20-8-5-9-22(13-20)38-44(3,42)43/h4-15,38H,1-3H3,(H,34,40)(H,35,36,37,41). The third-order valence-corrected chi connectivity index (χ3v) is 7.08. The fourth-order valence-corrected chi connectivity index (χ4v) is 4.99. The second-order valence-corrected chi connectivity index (χ2v) is 11.6. The zero-order valence-electron chi connectivity index (χ0n) is 23.4. The predicted molar refractivity (Wildman–Crippen MR) is 160 cm³/mol. The third-order valence-electron chi connectivity index (χ3n) is 6.47. The first-order valence-corrected chi connectivity index (χ1v) is 14.8. The molecule has 0 bridgehead atoms. The van der Waals surface area contributed by atoms with Gasteiger partial charge in [-0.05, 0) is 67.9 Å². The van der Waals surface area contributed by atoms with Gasteiger partial charge in [0.2, 0.25) is 16.0 Å². The molecular formula is C29H24F3N7O4S. The van der Waals surface area contributed by atoms with E-state index in [-0.39, 0.29) is 22.8 Å². The number of alkyl halides is 3. The molecule has 5 rings (SSSR count). The summed E-state index contributed by atoms with van der Waals surface area (Å²) in [6, 6.07) is 15.3. The fourth-order valence-electron chi connectivity index (χ4n) is 4.43. The van der Waals surface area contributed by atoms with Gasteiger partial charge in [-0.1, -0.05) is 18.2 Å². The van der Waals surface area contributed by atoms with E-state index in [9.17, 15) is 31.2 Å². The van der Waals surface area contributed by atoms with E-state index in [4.69, 9.17) is 0 Å². The van der Waals surface area contributed by atoms with Crippen LogP contribution in [0.15, 0.2) is 77.7 Å². The number of carbonyl (C=O) groups is 1. The number of benzene rings is 3. The van der Waals surface area contributed by atoms with Crippen molar-refractivity contribution >= 4 is 50.0 Å². The Labute approximate surface area is 248 Å². The van der Waals surface area contributed by atoms with Gasteiger partial charge in [0.15, 0.2) is 5.65 Å². The molecule has 0 radical (unpaired) electrons. The Morgan fingerprint density at radius 3 is 2.36 bits per heavy atom. The second-order valence-electron chi connectivity index (χ2n) is 9.86. The molecule has 11 nitrogen and oxygen atoms in total. The number of hydrogen-bond donors (Lipinski definition) is 3. The smallest absolute Gasteiger partial charge is 0.324 e. The average Bonchev–Trinajstić information content (AvgIpc) is 2.93. The van der Waals surface area contributed by atoms with Crippen LogP contribution in [0.4, 0.5) is 36.2 Å². The van der Waals surface area contributed by atoms with Crippen LogP contribution in [0.2, 0.25) is 0 Å². The molecule has 3 N–H and O–H groups in total. The molecule has 0 aliphatic rings. The molecule has 0 fully saturated rings. The number of hydrogen-bond acceptors (Lipinski definition) is 8. The minimum absolute atomic E-state index is 0.110. The number of anilines is 4. The zero-order valence-corrected chi connectivity index (χ0v) is 24.2. The van der Waals surface area contributed by atoms with E-state index in [0.717, 1.165) is 24.5 Å². The monoisotopic (exact) mass is 623 g/mol. The van der Waals surface area contributed by atoms with E-state index in [2.05, 4.69) is 30.3 Å². The number of nitrogens with zero attached hydrogens (tertiary/aromatic N) is 4. The molecule has 2 heterocycles. The Morgan fingerprint density at radius 2 is 1.64 bits per heavy atom. The third kappa shape index (κ3) is 6.67. The van der Waals surface area contributed by atoms with Gasteiger partial charge in [0.05, 0.1) is 28.6 Å². The van der Waals surface area contributed by atoms with Gasteiger partial charge in [-0.25, -0.2) is 18.2 Å². The number of halogens is 3. The Bertz CT molecular complexity index is 2100. The first-order chi connectivity index (χ1) is 20.7. The number of aryl methyl sites for hydroxylation is 2. The molecule has 2 aromatic heterocycles. The zero-order chi connectivity index (χ0) is 31.8. The Balaban J connectivity index is 1.44. The Morgan fingerprint density at radius 1 is 0.909 bits per heavy atom. The molecule has 5 aromatic rings. The first-order valence-electron chi connectivity index (χ1n) is 12.9. The maximum atomic E-state index is 13.3. The molecule has 1 amide bonds. The highest BCUT2D eigenvalue weighted by molar-refractivity contribution is 7.92. The van der Waals surface area contributed by atoms with E-state index in [1.807, 2.05) is 0 Å².